The van der Waals surface area contributed by atoms with Crippen LogP contribution in [-0.4, -0.2) is 32.2 Å². The molecule has 0 aliphatic rings. The maximum atomic E-state index is 11.3. The van der Waals surface area contributed by atoms with Gasteiger partial charge in [0.15, 0.2) is 23.4 Å². The van der Waals surface area contributed by atoms with Crippen molar-refractivity contribution in [3.05, 3.63) is 47.5 Å². The van der Waals surface area contributed by atoms with Crippen molar-refractivity contribution >= 4 is 6.29 Å². The van der Waals surface area contributed by atoms with Crippen LogP contribution in [0.1, 0.15) is 43.6 Å². The summed E-state index contributed by atoms with van der Waals surface area (Å²) in [5.74, 6) is 8.53. The molecule has 0 fully saturated rings. The summed E-state index contributed by atoms with van der Waals surface area (Å²) in [6.07, 6.45) is 0.767. The number of aldehydes is 1. The average molecular weight is 382 g/mol. The molecule has 2 aromatic rings. The molecule has 148 valence electrons. The molecular formula is C23H26O5. The van der Waals surface area contributed by atoms with Crippen LogP contribution in [0, 0.1) is 11.8 Å². The van der Waals surface area contributed by atoms with Crippen molar-refractivity contribution in [2.75, 3.05) is 14.2 Å². The van der Waals surface area contributed by atoms with Crippen LogP contribution in [0.15, 0.2) is 36.4 Å². The zero-order valence-electron chi connectivity index (χ0n) is 17.2. The van der Waals surface area contributed by atoms with Gasteiger partial charge in [0.1, 0.15) is 11.5 Å². The largest absolute Gasteiger partial charge is 0.497 e. The van der Waals surface area contributed by atoms with Crippen molar-refractivity contribution in [3.8, 4) is 34.8 Å². The van der Waals surface area contributed by atoms with E-state index in [-0.39, 0.29) is 6.10 Å². The lowest BCUT2D eigenvalue weighted by atomic mass is 10.1. The Balaban J connectivity index is 2.28. The molecule has 0 heterocycles. The first-order valence-electron chi connectivity index (χ1n) is 8.98. The number of carbonyl (C=O) groups excluding carboxylic acids is 1. The highest BCUT2D eigenvalue weighted by atomic mass is 16.5. The SMILES string of the molecule is COc1ccc(C=O)c(OC(C)(C)C#Cc2ccc(OC)c(OC(C)C)c2)c1. The van der Waals surface area contributed by atoms with Crippen LogP contribution in [-0.2, 0) is 0 Å². The molecule has 2 rings (SSSR count). The predicted octanol–water partition coefficient (Wildman–Crippen LogP) is 4.51. The zero-order chi connectivity index (χ0) is 20.7. The summed E-state index contributed by atoms with van der Waals surface area (Å²) in [5, 5.41) is 0. The fraction of sp³-hybridized carbons (Fsp3) is 0.348. The number of carbonyl (C=O) groups is 1. The lowest BCUT2D eigenvalue weighted by Gasteiger charge is -2.22. The van der Waals surface area contributed by atoms with Gasteiger partial charge in [0.25, 0.3) is 0 Å². The minimum Gasteiger partial charge on any atom is -0.497 e. The first kappa shape index (κ1) is 21.2. The van der Waals surface area contributed by atoms with E-state index in [0.29, 0.717) is 28.6 Å². The second-order valence-corrected chi connectivity index (χ2v) is 6.92. The van der Waals surface area contributed by atoms with Gasteiger partial charge in [-0.25, -0.2) is 0 Å². The summed E-state index contributed by atoms with van der Waals surface area (Å²) in [6, 6.07) is 10.6. The Morgan fingerprint density at radius 1 is 0.964 bits per heavy atom. The van der Waals surface area contributed by atoms with E-state index in [1.807, 2.05) is 45.9 Å². The highest BCUT2D eigenvalue weighted by Gasteiger charge is 2.19. The quantitative estimate of drug-likeness (QED) is 0.521. The van der Waals surface area contributed by atoms with Gasteiger partial charge in [-0.3, -0.25) is 4.79 Å². The molecule has 0 unspecified atom stereocenters. The van der Waals surface area contributed by atoms with Gasteiger partial charge in [0.05, 0.1) is 25.9 Å². The van der Waals surface area contributed by atoms with Gasteiger partial charge in [-0.2, -0.15) is 0 Å². The van der Waals surface area contributed by atoms with Crippen LogP contribution in [0.2, 0.25) is 0 Å². The highest BCUT2D eigenvalue weighted by Crippen LogP contribution is 2.29. The molecule has 5 heteroatoms. The molecule has 0 bridgehead atoms. The van der Waals surface area contributed by atoms with Gasteiger partial charge in [0, 0.05) is 11.6 Å². The van der Waals surface area contributed by atoms with E-state index < -0.39 is 5.60 Å². The standard InChI is InChI=1S/C23H26O5/c1-16(2)27-22-13-17(7-10-20(22)26-6)11-12-23(3,4)28-21-14-19(25-5)9-8-18(21)15-24/h7-10,13-16H,1-6H3. The third-order valence-electron chi connectivity index (χ3n) is 3.75. The Bertz CT molecular complexity index is 888. The van der Waals surface area contributed by atoms with Crippen molar-refractivity contribution < 1.29 is 23.7 Å². The predicted molar refractivity (Wildman–Crippen MR) is 109 cm³/mol. The van der Waals surface area contributed by atoms with E-state index >= 15 is 0 Å². The number of ether oxygens (including phenoxy) is 4. The number of benzene rings is 2. The summed E-state index contributed by atoms with van der Waals surface area (Å²) in [7, 11) is 3.16. The maximum absolute atomic E-state index is 11.3. The van der Waals surface area contributed by atoms with Crippen molar-refractivity contribution in [1.29, 1.82) is 0 Å². The molecule has 0 aromatic heterocycles. The molecule has 0 atom stereocenters. The Hall–Kier alpha value is -3.13. The molecule has 0 aliphatic carbocycles. The third kappa shape index (κ3) is 5.68. The Morgan fingerprint density at radius 2 is 1.71 bits per heavy atom. The van der Waals surface area contributed by atoms with E-state index in [0.717, 1.165) is 11.8 Å². The lowest BCUT2D eigenvalue weighted by molar-refractivity contribution is 0.111. The molecule has 0 saturated carbocycles. The summed E-state index contributed by atoms with van der Waals surface area (Å²) in [6.45, 7) is 7.58. The van der Waals surface area contributed by atoms with Crippen LogP contribution in [0.3, 0.4) is 0 Å². The van der Waals surface area contributed by atoms with Crippen LogP contribution in [0.5, 0.6) is 23.0 Å². The van der Waals surface area contributed by atoms with Gasteiger partial charge < -0.3 is 18.9 Å². The van der Waals surface area contributed by atoms with E-state index in [4.69, 9.17) is 18.9 Å². The van der Waals surface area contributed by atoms with Crippen LogP contribution >= 0.6 is 0 Å². The molecule has 28 heavy (non-hydrogen) atoms. The molecule has 0 spiro atoms. The maximum Gasteiger partial charge on any atom is 0.164 e. The number of hydrogen-bond donors (Lipinski definition) is 0. The van der Waals surface area contributed by atoms with E-state index in [1.165, 1.54) is 0 Å². The monoisotopic (exact) mass is 382 g/mol. The lowest BCUT2D eigenvalue weighted by Crippen LogP contribution is -2.26. The Labute approximate surface area is 166 Å². The van der Waals surface area contributed by atoms with Crippen LogP contribution in [0.25, 0.3) is 0 Å². The van der Waals surface area contributed by atoms with Gasteiger partial charge in [-0.1, -0.05) is 11.8 Å². The van der Waals surface area contributed by atoms with Crippen LogP contribution in [0.4, 0.5) is 0 Å². The van der Waals surface area contributed by atoms with E-state index in [1.54, 1.807) is 32.4 Å². The molecule has 0 N–H and O–H groups in total. The minimum absolute atomic E-state index is 0.0201. The molecule has 0 radical (unpaired) electrons. The number of rotatable bonds is 7. The molecular weight excluding hydrogens is 356 g/mol. The molecule has 5 nitrogen and oxygen atoms in total. The molecule has 0 aliphatic heterocycles. The zero-order valence-corrected chi connectivity index (χ0v) is 17.2. The van der Waals surface area contributed by atoms with Gasteiger partial charge >= 0.3 is 0 Å². The van der Waals surface area contributed by atoms with Crippen LogP contribution < -0.4 is 18.9 Å². The normalized spacial score (nSPS) is 10.7. The Morgan fingerprint density at radius 3 is 2.32 bits per heavy atom. The third-order valence-corrected chi connectivity index (χ3v) is 3.75. The van der Waals surface area contributed by atoms with Crippen molar-refractivity contribution in [2.45, 2.75) is 39.4 Å². The fourth-order valence-corrected chi connectivity index (χ4v) is 2.45. The molecule has 2 aromatic carbocycles. The first-order chi connectivity index (χ1) is 13.3. The summed E-state index contributed by atoms with van der Waals surface area (Å²) < 4.78 is 22.3. The van der Waals surface area contributed by atoms with Gasteiger partial charge in [0.2, 0.25) is 0 Å². The van der Waals surface area contributed by atoms with Gasteiger partial charge in [-0.15, -0.1) is 0 Å². The second-order valence-electron chi connectivity index (χ2n) is 6.92. The number of hydrogen-bond acceptors (Lipinski definition) is 5. The minimum atomic E-state index is -0.830. The summed E-state index contributed by atoms with van der Waals surface area (Å²) >= 11 is 0. The molecule has 0 amide bonds. The summed E-state index contributed by atoms with van der Waals surface area (Å²) in [5.41, 5.74) is 0.380. The van der Waals surface area contributed by atoms with Crippen molar-refractivity contribution in [2.24, 2.45) is 0 Å². The van der Waals surface area contributed by atoms with Crippen molar-refractivity contribution in [3.63, 3.8) is 0 Å². The highest BCUT2D eigenvalue weighted by molar-refractivity contribution is 5.79. The second kappa shape index (κ2) is 9.18. The average Bonchev–Trinajstić information content (AvgIpc) is 2.65. The fourth-order valence-electron chi connectivity index (χ4n) is 2.45. The smallest absolute Gasteiger partial charge is 0.164 e. The topological polar surface area (TPSA) is 54.0 Å². The van der Waals surface area contributed by atoms with Crippen molar-refractivity contribution in [1.82, 2.24) is 0 Å². The van der Waals surface area contributed by atoms with Gasteiger partial charge in [-0.05, 0) is 58.0 Å². The number of methoxy groups -OCH3 is 2. The van der Waals surface area contributed by atoms with E-state index in [2.05, 4.69) is 11.8 Å². The summed E-state index contributed by atoms with van der Waals surface area (Å²) in [4.78, 5) is 11.3. The molecule has 0 saturated heterocycles. The first-order valence-corrected chi connectivity index (χ1v) is 8.98. The Kier molecular flexibility index (Phi) is 6.94. The van der Waals surface area contributed by atoms with E-state index in [9.17, 15) is 4.79 Å².